The number of benzene rings is 1. The third-order valence-corrected chi connectivity index (χ3v) is 3.65. The van der Waals surface area contributed by atoms with Crippen LogP contribution in [0, 0.1) is 0 Å². The summed E-state index contributed by atoms with van der Waals surface area (Å²) in [5.41, 5.74) is 10.1. The van der Waals surface area contributed by atoms with Crippen LogP contribution in [0.3, 0.4) is 0 Å². The van der Waals surface area contributed by atoms with Crippen molar-refractivity contribution in [3.8, 4) is 0 Å². The monoisotopic (exact) mass is 247 g/mol. The number of rotatable bonds is 5. The van der Waals surface area contributed by atoms with Crippen molar-refractivity contribution >= 4 is 5.69 Å². The van der Waals surface area contributed by atoms with Crippen LogP contribution in [0.2, 0.25) is 0 Å². The molecule has 0 amide bonds. The molecule has 0 spiro atoms. The van der Waals surface area contributed by atoms with E-state index in [0.717, 1.165) is 26.1 Å². The molecule has 0 aliphatic carbocycles. The fraction of sp³-hybridized carbons (Fsp3) is 0.600. The highest BCUT2D eigenvalue weighted by atomic mass is 15.2. The molecule has 1 aliphatic rings. The maximum Gasteiger partial charge on any atom is 0.0399 e. The first-order chi connectivity index (χ1) is 8.58. The summed E-state index contributed by atoms with van der Waals surface area (Å²) in [6.45, 7) is 5.52. The zero-order chi connectivity index (χ0) is 13.1. The second kappa shape index (κ2) is 5.72. The molecule has 2 rings (SSSR count). The van der Waals surface area contributed by atoms with Crippen LogP contribution in [-0.4, -0.2) is 38.6 Å². The summed E-state index contributed by atoms with van der Waals surface area (Å²) < 4.78 is 0. The molecule has 1 aromatic rings. The summed E-state index contributed by atoms with van der Waals surface area (Å²) in [7, 11) is 4.26. The van der Waals surface area contributed by atoms with Gasteiger partial charge in [0, 0.05) is 24.8 Å². The number of hydrogen-bond acceptors (Lipinski definition) is 3. The van der Waals surface area contributed by atoms with Crippen LogP contribution < -0.4 is 10.6 Å². The SMILES string of the molecule is CC(N)c1ccc2c(c1)CCN2CCCN(C)C. The molecule has 1 atom stereocenters. The quantitative estimate of drug-likeness (QED) is 0.864. The van der Waals surface area contributed by atoms with Gasteiger partial charge in [-0.15, -0.1) is 0 Å². The van der Waals surface area contributed by atoms with Crippen molar-refractivity contribution < 1.29 is 0 Å². The van der Waals surface area contributed by atoms with Crippen LogP contribution in [0.4, 0.5) is 5.69 Å². The van der Waals surface area contributed by atoms with Crippen molar-refractivity contribution in [3.05, 3.63) is 29.3 Å². The molecular formula is C15H25N3. The van der Waals surface area contributed by atoms with E-state index < -0.39 is 0 Å². The molecule has 1 heterocycles. The van der Waals surface area contributed by atoms with Crippen LogP contribution in [0.1, 0.15) is 30.5 Å². The van der Waals surface area contributed by atoms with E-state index in [2.05, 4.69) is 42.1 Å². The van der Waals surface area contributed by atoms with E-state index >= 15 is 0 Å². The standard InChI is InChI=1S/C15H25N3/c1-12(16)13-5-6-15-14(11-13)7-10-18(15)9-4-8-17(2)3/h5-6,11-12H,4,7-10,16H2,1-3H3. The number of fused-ring (bicyclic) bond motifs is 1. The lowest BCUT2D eigenvalue weighted by molar-refractivity contribution is 0.401. The first kappa shape index (κ1) is 13.4. The molecule has 1 aliphatic heterocycles. The van der Waals surface area contributed by atoms with E-state index in [1.165, 1.54) is 23.2 Å². The third-order valence-electron chi connectivity index (χ3n) is 3.65. The van der Waals surface area contributed by atoms with Gasteiger partial charge >= 0.3 is 0 Å². The molecule has 0 saturated carbocycles. The molecule has 18 heavy (non-hydrogen) atoms. The summed E-state index contributed by atoms with van der Waals surface area (Å²) in [6.07, 6.45) is 2.39. The number of nitrogens with zero attached hydrogens (tertiary/aromatic N) is 2. The summed E-state index contributed by atoms with van der Waals surface area (Å²) >= 11 is 0. The van der Waals surface area contributed by atoms with Crippen molar-refractivity contribution in [2.24, 2.45) is 5.73 Å². The second-order valence-corrected chi connectivity index (χ2v) is 5.57. The molecule has 3 heteroatoms. The summed E-state index contributed by atoms with van der Waals surface area (Å²) in [6, 6.07) is 6.84. The smallest absolute Gasteiger partial charge is 0.0399 e. The molecule has 1 unspecified atom stereocenters. The Morgan fingerprint density at radius 3 is 2.83 bits per heavy atom. The molecule has 0 radical (unpaired) electrons. The first-order valence-corrected chi connectivity index (χ1v) is 6.86. The fourth-order valence-electron chi connectivity index (χ4n) is 2.58. The number of hydrogen-bond donors (Lipinski definition) is 1. The van der Waals surface area contributed by atoms with Crippen molar-refractivity contribution in [1.29, 1.82) is 0 Å². The van der Waals surface area contributed by atoms with Crippen LogP contribution >= 0.6 is 0 Å². The molecule has 0 aromatic heterocycles. The van der Waals surface area contributed by atoms with E-state index in [0.29, 0.717) is 0 Å². The van der Waals surface area contributed by atoms with Gasteiger partial charge in [-0.2, -0.15) is 0 Å². The van der Waals surface area contributed by atoms with Crippen molar-refractivity contribution in [1.82, 2.24) is 4.90 Å². The maximum atomic E-state index is 5.94. The van der Waals surface area contributed by atoms with Crippen molar-refractivity contribution in [3.63, 3.8) is 0 Å². The van der Waals surface area contributed by atoms with Gasteiger partial charge in [0.15, 0.2) is 0 Å². The van der Waals surface area contributed by atoms with Gasteiger partial charge in [-0.3, -0.25) is 0 Å². The van der Waals surface area contributed by atoms with Gasteiger partial charge in [0.2, 0.25) is 0 Å². The van der Waals surface area contributed by atoms with E-state index in [4.69, 9.17) is 5.73 Å². The Morgan fingerprint density at radius 1 is 1.39 bits per heavy atom. The molecule has 2 N–H and O–H groups in total. The van der Waals surface area contributed by atoms with E-state index in [-0.39, 0.29) is 6.04 Å². The topological polar surface area (TPSA) is 32.5 Å². The lowest BCUT2D eigenvalue weighted by atomic mass is 10.0. The van der Waals surface area contributed by atoms with Gasteiger partial charge in [0.05, 0.1) is 0 Å². The average molecular weight is 247 g/mol. The average Bonchev–Trinajstić information content (AvgIpc) is 2.71. The minimum absolute atomic E-state index is 0.137. The van der Waals surface area contributed by atoms with Crippen LogP contribution in [-0.2, 0) is 6.42 Å². The van der Waals surface area contributed by atoms with Crippen molar-refractivity contribution in [2.75, 3.05) is 38.6 Å². The lowest BCUT2D eigenvalue weighted by Gasteiger charge is -2.21. The predicted molar refractivity (Wildman–Crippen MR) is 78.1 cm³/mol. The summed E-state index contributed by atoms with van der Waals surface area (Å²) in [4.78, 5) is 4.75. The Labute approximate surface area is 111 Å². The Balaban J connectivity index is 2.00. The zero-order valence-electron chi connectivity index (χ0n) is 11.8. The highest BCUT2D eigenvalue weighted by molar-refractivity contribution is 5.59. The molecule has 1 aromatic carbocycles. The molecule has 0 saturated heterocycles. The molecule has 0 fully saturated rings. The number of nitrogens with two attached hydrogens (primary N) is 1. The van der Waals surface area contributed by atoms with Crippen LogP contribution in [0.5, 0.6) is 0 Å². The highest BCUT2D eigenvalue weighted by Gasteiger charge is 2.19. The minimum Gasteiger partial charge on any atom is -0.371 e. The van der Waals surface area contributed by atoms with E-state index in [1.54, 1.807) is 0 Å². The van der Waals surface area contributed by atoms with Gasteiger partial charge in [-0.1, -0.05) is 12.1 Å². The zero-order valence-corrected chi connectivity index (χ0v) is 11.8. The van der Waals surface area contributed by atoms with E-state index in [1.807, 2.05) is 6.92 Å². The van der Waals surface area contributed by atoms with Gasteiger partial charge in [-0.25, -0.2) is 0 Å². The van der Waals surface area contributed by atoms with Gasteiger partial charge < -0.3 is 15.5 Å². The van der Waals surface area contributed by atoms with Crippen LogP contribution in [0.25, 0.3) is 0 Å². The lowest BCUT2D eigenvalue weighted by Crippen LogP contribution is -2.25. The second-order valence-electron chi connectivity index (χ2n) is 5.57. The Hall–Kier alpha value is -1.06. The molecule has 0 bridgehead atoms. The predicted octanol–water partition coefficient (Wildman–Crippen LogP) is 2.02. The van der Waals surface area contributed by atoms with Crippen molar-refractivity contribution in [2.45, 2.75) is 25.8 Å². The third kappa shape index (κ3) is 3.03. The van der Waals surface area contributed by atoms with E-state index in [9.17, 15) is 0 Å². The molecule has 3 nitrogen and oxygen atoms in total. The van der Waals surface area contributed by atoms with Gasteiger partial charge in [-0.05, 0) is 57.6 Å². The molecular weight excluding hydrogens is 222 g/mol. The first-order valence-electron chi connectivity index (χ1n) is 6.86. The van der Waals surface area contributed by atoms with Gasteiger partial charge in [0.1, 0.15) is 0 Å². The Morgan fingerprint density at radius 2 is 2.17 bits per heavy atom. The fourth-order valence-corrected chi connectivity index (χ4v) is 2.58. The van der Waals surface area contributed by atoms with Gasteiger partial charge in [0.25, 0.3) is 0 Å². The highest BCUT2D eigenvalue weighted by Crippen LogP contribution is 2.30. The summed E-state index contributed by atoms with van der Waals surface area (Å²) in [5.74, 6) is 0. The number of anilines is 1. The summed E-state index contributed by atoms with van der Waals surface area (Å²) in [5, 5.41) is 0. The Kier molecular flexibility index (Phi) is 4.25. The molecule has 100 valence electrons. The maximum absolute atomic E-state index is 5.94. The van der Waals surface area contributed by atoms with Crippen LogP contribution in [0.15, 0.2) is 18.2 Å². The Bertz CT molecular complexity index is 399. The largest absolute Gasteiger partial charge is 0.371 e. The minimum atomic E-state index is 0.137. The normalized spacial score (nSPS) is 16.2.